The molecule has 2 N–H and O–H groups in total. The summed E-state index contributed by atoms with van der Waals surface area (Å²) < 4.78 is 63.2. The fraction of sp³-hybridized carbons (Fsp3) is 0.545. The molecule has 2 aliphatic rings. The smallest absolute Gasteiger partial charge is 0.475 e. The van der Waals surface area contributed by atoms with Gasteiger partial charge in [-0.3, -0.25) is 0 Å². The Hall–Kier alpha value is -2.73. The maximum absolute atomic E-state index is 12.3. The number of halogens is 5. The number of likely N-dealkylation sites (tertiary alicyclic amines) is 1. The maximum atomic E-state index is 12.3. The van der Waals surface area contributed by atoms with Crippen molar-refractivity contribution in [1.82, 2.24) is 19.8 Å². The van der Waals surface area contributed by atoms with E-state index in [-0.39, 0.29) is 5.75 Å². The molecule has 0 amide bonds. The van der Waals surface area contributed by atoms with Gasteiger partial charge in [-0.2, -0.15) is 22.0 Å². The Morgan fingerprint density at radius 3 is 2.26 bits per heavy atom. The summed E-state index contributed by atoms with van der Waals surface area (Å²) in [5.41, 5.74) is 1.82. The molecule has 0 bridgehead atoms. The van der Waals surface area contributed by atoms with Crippen molar-refractivity contribution < 1.29 is 36.6 Å². The number of hydrogen-bond acceptors (Lipinski definition) is 5. The van der Waals surface area contributed by atoms with Crippen molar-refractivity contribution in [3.63, 3.8) is 0 Å². The Morgan fingerprint density at radius 1 is 1.15 bits per heavy atom. The van der Waals surface area contributed by atoms with Crippen molar-refractivity contribution in [2.24, 2.45) is 0 Å². The summed E-state index contributed by atoms with van der Waals surface area (Å²) in [6.07, 6.45) is 0.520. The second-order valence-corrected chi connectivity index (χ2v) is 8.10. The van der Waals surface area contributed by atoms with Crippen molar-refractivity contribution >= 4 is 5.97 Å². The number of rotatable bonds is 7. The molecule has 0 atom stereocenters. The first-order valence-electron chi connectivity index (χ1n) is 11.0. The normalized spacial score (nSPS) is 17.1. The van der Waals surface area contributed by atoms with Crippen LogP contribution in [0.25, 0.3) is 11.3 Å². The number of carboxylic acid groups (broad SMARTS) is 1. The first-order chi connectivity index (χ1) is 16.1. The number of nitrogens with one attached hydrogen (secondary N) is 1. The molecular formula is C22H27F5N4O3. The van der Waals surface area contributed by atoms with E-state index in [1.807, 2.05) is 0 Å². The molecule has 1 aromatic heterocycles. The number of nitrogens with zero attached hydrogens (tertiary/aromatic N) is 3. The zero-order valence-corrected chi connectivity index (χ0v) is 18.4. The Balaban J connectivity index is 0.000000406. The number of hydrogen-bond donors (Lipinski definition) is 2. The standard InChI is InChI=1S/C20H26F2N4O.C2HF3O2/c21-20(22)27-17-4-2-15(3-5-17)18-14-26(13-12-25-10-1-11-25)19(24-18)16-6-8-23-9-7-16;3-2(4,5)1(6)7/h2-5,14,16,20,23H,1,6-13H2;(H,6,7). The summed E-state index contributed by atoms with van der Waals surface area (Å²) in [5, 5.41) is 10.5. The zero-order chi connectivity index (χ0) is 24.7. The first kappa shape index (κ1) is 25.9. The lowest BCUT2D eigenvalue weighted by molar-refractivity contribution is -0.192. The van der Waals surface area contributed by atoms with E-state index in [9.17, 15) is 22.0 Å². The van der Waals surface area contributed by atoms with Crippen LogP contribution in [0.15, 0.2) is 30.5 Å². The van der Waals surface area contributed by atoms with Gasteiger partial charge >= 0.3 is 18.8 Å². The van der Waals surface area contributed by atoms with Crippen molar-refractivity contribution in [2.75, 3.05) is 32.7 Å². The zero-order valence-electron chi connectivity index (χ0n) is 18.4. The predicted molar refractivity (Wildman–Crippen MR) is 114 cm³/mol. The van der Waals surface area contributed by atoms with E-state index in [4.69, 9.17) is 14.9 Å². The van der Waals surface area contributed by atoms with Crippen molar-refractivity contribution in [3.05, 3.63) is 36.3 Å². The second-order valence-electron chi connectivity index (χ2n) is 8.10. The summed E-state index contributed by atoms with van der Waals surface area (Å²) in [5.74, 6) is -0.963. The van der Waals surface area contributed by atoms with E-state index in [0.717, 1.165) is 56.1 Å². The van der Waals surface area contributed by atoms with Crippen LogP contribution in [-0.2, 0) is 11.3 Å². The highest BCUT2D eigenvalue weighted by Gasteiger charge is 2.38. The van der Waals surface area contributed by atoms with E-state index in [0.29, 0.717) is 5.92 Å². The molecule has 2 aromatic rings. The summed E-state index contributed by atoms with van der Waals surface area (Å²) in [4.78, 5) is 16.3. The number of aromatic nitrogens is 2. The van der Waals surface area contributed by atoms with E-state index < -0.39 is 18.8 Å². The summed E-state index contributed by atoms with van der Waals surface area (Å²) in [6.45, 7) is 3.62. The highest BCUT2D eigenvalue weighted by Crippen LogP contribution is 2.29. The molecule has 188 valence electrons. The largest absolute Gasteiger partial charge is 0.490 e. The quantitative estimate of drug-likeness (QED) is 0.573. The summed E-state index contributed by atoms with van der Waals surface area (Å²) in [6, 6.07) is 6.74. The molecule has 2 fully saturated rings. The topological polar surface area (TPSA) is 79.6 Å². The minimum absolute atomic E-state index is 0.171. The molecule has 1 aromatic carbocycles. The molecule has 34 heavy (non-hydrogen) atoms. The molecule has 0 radical (unpaired) electrons. The van der Waals surface area contributed by atoms with Gasteiger partial charge in [0, 0.05) is 30.8 Å². The molecule has 0 aliphatic carbocycles. The minimum Gasteiger partial charge on any atom is -0.475 e. The van der Waals surface area contributed by atoms with Gasteiger partial charge in [0.25, 0.3) is 0 Å². The average Bonchev–Trinajstić information content (AvgIpc) is 3.17. The van der Waals surface area contributed by atoms with Crippen LogP contribution in [0, 0.1) is 0 Å². The van der Waals surface area contributed by atoms with E-state index in [1.165, 1.54) is 19.5 Å². The SMILES string of the molecule is FC(F)Oc1ccc(-c2cn(CCN3CCC3)c(C3CCNCC3)n2)cc1.O=C(O)C(F)(F)F. The first-order valence-corrected chi connectivity index (χ1v) is 11.0. The second kappa shape index (κ2) is 11.6. The molecule has 2 saturated heterocycles. The van der Waals surface area contributed by atoms with Crippen molar-refractivity contribution in [1.29, 1.82) is 0 Å². The van der Waals surface area contributed by atoms with E-state index in [2.05, 4.69) is 25.7 Å². The van der Waals surface area contributed by atoms with Crippen LogP contribution in [0.3, 0.4) is 0 Å². The van der Waals surface area contributed by atoms with Crippen molar-refractivity contribution in [2.45, 2.75) is 44.5 Å². The van der Waals surface area contributed by atoms with E-state index >= 15 is 0 Å². The minimum atomic E-state index is -5.08. The van der Waals surface area contributed by atoms with Crippen LogP contribution in [0.5, 0.6) is 5.75 Å². The third-order valence-corrected chi connectivity index (χ3v) is 5.74. The van der Waals surface area contributed by atoms with Gasteiger partial charge in [-0.15, -0.1) is 0 Å². The van der Waals surface area contributed by atoms with Crippen LogP contribution >= 0.6 is 0 Å². The van der Waals surface area contributed by atoms with Crippen LogP contribution in [0.2, 0.25) is 0 Å². The number of carboxylic acids is 1. The molecule has 0 spiro atoms. The number of benzene rings is 1. The maximum Gasteiger partial charge on any atom is 0.490 e. The summed E-state index contributed by atoms with van der Waals surface area (Å²) >= 11 is 0. The highest BCUT2D eigenvalue weighted by molar-refractivity contribution is 5.73. The number of alkyl halides is 5. The number of carbonyl (C=O) groups is 1. The third-order valence-electron chi connectivity index (χ3n) is 5.74. The number of ether oxygens (including phenoxy) is 1. The molecule has 7 nitrogen and oxygen atoms in total. The van der Waals surface area contributed by atoms with Gasteiger partial charge in [-0.05, 0) is 69.7 Å². The average molecular weight is 490 g/mol. The van der Waals surface area contributed by atoms with Gasteiger partial charge in [-0.1, -0.05) is 0 Å². The van der Waals surface area contributed by atoms with Crippen LogP contribution in [0.1, 0.15) is 31.0 Å². The molecule has 4 rings (SSSR count). The van der Waals surface area contributed by atoms with Crippen molar-refractivity contribution in [3.8, 4) is 17.0 Å². The Kier molecular flexibility index (Phi) is 8.84. The Labute approximate surface area is 193 Å². The molecule has 12 heteroatoms. The molecular weight excluding hydrogens is 463 g/mol. The molecule has 2 aliphatic heterocycles. The number of aliphatic carboxylic acids is 1. The van der Waals surface area contributed by atoms with Gasteiger partial charge < -0.3 is 24.6 Å². The van der Waals surface area contributed by atoms with Gasteiger partial charge in [0.05, 0.1) is 5.69 Å². The van der Waals surface area contributed by atoms with Gasteiger partial charge in [0.15, 0.2) is 0 Å². The molecule has 0 unspecified atom stereocenters. The van der Waals surface area contributed by atoms with Crippen LogP contribution in [0.4, 0.5) is 22.0 Å². The summed E-state index contributed by atoms with van der Waals surface area (Å²) in [7, 11) is 0. The fourth-order valence-electron chi connectivity index (χ4n) is 3.82. The highest BCUT2D eigenvalue weighted by atomic mass is 19.4. The lowest BCUT2D eigenvalue weighted by atomic mass is 9.97. The van der Waals surface area contributed by atoms with E-state index in [1.54, 1.807) is 24.3 Å². The van der Waals surface area contributed by atoms with Gasteiger partial charge in [-0.25, -0.2) is 9.78 Å². The third kappa shape index (κ3) is 7.39. The Bertz CT molecular complexity index is 924. The molecule has 3 heterocycles. The monoisotopic (exact) mass is 490 g/mol. The van der Waals surface area contributed by atoms with Gasteiger partial charge in [0.2, 0.25) is 0 Å². The van der Waals surface area contributed by atoms with Gasteiger partial charge in [0.1, 0.15) is 11.6 Å². The molecule has 0 saturated carbocycles. The Morgan fingerprint density at radius 2 is 1.76 bits per heavy atom. The lowest BCUT2D eigenvalue weighted by Gasteiger charge is -2.31. The lowest BCUT2D eigenvalue weighted by Crippen LogP contribution is -2.39. The fourth-order valence-corrected chi connectivity index (χ4v) is 3.82. The number of imidazole rings is 1. The number of piperidine rings is 1. The van der Waals surface area contributed by atoms with Crippen LogP contribution in [-0.4, -0.2) is 71.0 Å². The predicted octanol–water partition coefficient (Wildman–Crippen LogP) is 3.96. The van der Waals surface area contributed by atoms with Crippen LogP contribution < -0.4 is 10.1 Å².